The van der Waals surface area contributed by atoms with Gasteiger partial charge in [-0.2, -0.15) is 0 Å². The number of carbonyl (C=O) groups is 4. The number of hydrogen-bond donors (Lipinski definition) is 2. The summed E-state index contributed by atoms with van der Waals surface area (Å²) < 4.78 is 14.3. The third-order valence-corrected chi connectivity index (χ3v) is 3.43. The Morgan fingerprint density at radius 3 is 1.86 bits per heavy atom. The Balaban J connectivity index is 2.69. The number of carbonyl (C=O) groups excluding carboxylic acids is 4. The largest absolute Gasteiger partial charge is 0.464 e. The third kappa shape index (κ3) is 9.23. The van der Waals surface area contributed by atoms with Crippen molar-refractivity contribution in [1.29, 1.82) is 0 Å². The van der Waals surface area contributed by atoms with Crippen molar-refractivity contribution in [1.82, 2.24) is 10.6 Å². The zero-order valence-corrected chi connectivity index (χ0v) is 16.5. The average molecular weight is 404 g/mol. The van der Waals surface area contributed by atoms with Crippen LogP contribution in [0.2, 0.25) is 0 Å². The first-order valence-electron chi connectivity index (χ1n) is 8.69. The topological polar surface area (TPSA) is 120 Å². The number of allylic oxidation sites excluding steroid dienone is 2. The Bertz CT molecular complexity index is 785. The number of methoxy groups -OCH3 is 2. The van der Waals surface area contributed by atoms with Gasteiger partial charge in [0.25, 0.3) is 0 Å². The van der Waals surface area contributed by atoms with Crippen LogP contribution in [0.5, 0.6) is 0 Å². The molecule has 29 heavy (non-hydrogen) atoms. The maximum atomic E-state index is 11.9. The van der Waals surface area contributed by atoms with E-state index in [2.05, 4.69) is 20.1 Å². The fourth-order valence-corrected chi connectivity index (χ4v) is 2.10. The van der Waals surface area contributed by atoms with Crippen LogP contribution in [-0.4, -0.2) is 38.2 Å². The molecule has 0 aliphatic rings. The van der Waals surface area contributed by atoms with E-state index >= 15 is 0 Å². The van der Waals surface area contributed by atoms with Crippen molar-refractivity contribution in [2.75, 3.05) is 14.2 Å². The lowest BCUT2D eigenvalue weighted by Crippen LogP contribution is -2.28. The molecule has 0 saturated heterocycles. The quantitative estimate of drug-likeness (QED) is 0.279. The molecule has 0 heterocycles. The minimum Gasteiger partial charge on any atom is -0.464 e. The second-order valence-corrected chi connectivity index (χ2v) is 5.66. The van der Waals surface area contributed by atoms with Gasteiger partial charge in [0, 0.05) is 6.92 Å². The maximum Gasteiger partial charge on any atom is 0.412 e. The molecule has 2 amide bonds. The predicted octanol–water partition coefficient (Wildman–Crippen LogP) is 1.94. The molecule has 1 rings (SSSR count). The van der Waals surface area contributed by atoms with Crippen LogP contribution in [0.3, 0.4) is 0 Å². The molecule has 1 aromatic rings. The van der Waals surface area contributed by atoms with Gasteiger partial charge in [-0.25, -0.2) is 14.4 Å². The summed E-state index contributed by atoms with van der Waals surface area (Å²) in [5.74, 6) is -1.86. The number of nitrogens with one attached hydrogen (secondary N) is 2. The van der Waals surface area contributed by atoms with Crippen LogP contribution in [-0.2, 0) is 35.2 Å². The molecule has 0 atom stereocenters. The van der Waals surface area contributed by atoms with Crippen molar-refractivity contribution in [2.45, 2.75) is 26.4 Å². The average Bonchev–Trinajstić information content (AvgIpc) is 2.72. The molecule has 2 N–H and O–H groups in total. The van der Waals surface area contributed by atoms with E-state index in [4.69, 9.17) is 4.74 Å². The molecular formula is C20H24N2O7. The van der Waals surface area contributed by atoms with Crippen LogP contribution >= 0.6 is 0 Å². The summed E-state index contributed by atoms with van der Waals surface area (Å²) in [4.78, 5) is 46.5. The van der Waals surface area contributed by atoms with Gasteiger partial charge in [0.1, 0.15) is 18.0 Å². The monoisotopic (exact) mass is 404 g/mol. The number of benzene rings is 1. The molecular weight excluding hydrogens is 380 g/mol. The van der Waals surface area contributed by atoms with Gasteiger partial charge in [0.05, 0.1) is 14.2 Å². The maximum absolute atomic E-state index is 11.9. The van der Waals surface area contributed by atoms with Gasteiger partial charge in [-0.15, -0.1) is 0 Å². The Kier molecular flexibility index (Phi) is 10.3. The Labute approximate surface area is 168 Å². The molecule has 0 aliphatic heterocycles. The predicted molar refractivity (Wildman–Crippen MR) is 103 cm³/mol. The molecule has 156 valence electrons. The molecule has 0 fully saturated rings. The minimum absolute atomic E-state index is 0.0109. The van der Waals surface area contributed by atoms with E-state index in [1.165, 1.54) is 33.3 Å². The smallest absolute Gasteiger partial charge is 0.412 e. The van der Waals surface area contributed by atoms with E-state index in [0.29, 0.717) is 0 Å². The summed E-state index contributed by atoms with van der Waals surface area (Å²) in [6.07, 6.45) is 2.62. The lowest BCUT2D eigenvalue weighted by Gasteiger charge is -2.09. The standard InChI is InChI=1S/C20H24N2O7/c1-14(23)21-16(18(24)27-2)11-7-8-12-17(19(25)28-3)22-20(26)29-13-15-9-5-4-6-10-15/h4-6,9-12H,7-8,13H2,1-3H3,(H,21,23)(H,22,26)/b16-11-,17-12-. The Hall–Kier alpha value is -3.62. The van der Waals surface area contributed by atoms with Gasteiger partial charge in [-0.3, -0.25) is 10.1 Å². The molecule has 0 aliphatic carbocycles. The van der Waals surface area contributed by atoms with Crippen LogP contribution in [0.1, 0.15) is 25.3 Å². The first kappa shape index (κ1) is 23.4. The fourth-order valence-electron chi connectivity index (χ4n) is 2.10. The van der Waals surface area contributed by atoms with Gasteiger partial charge in [-0.05, 0) is 18.4 Å². The van der Waals surface area contributed by atoms with E-state index in [1.54, 1.807) is 12.1 Å². The highest BCUT2D eigenvalue weighted by atomic mass is 16.6. The number of esters is 2. The first-order valence-corrected chi connectivity index (χ1v) is 8.69. The van der Waals surface area contributed by atoms with Crippen molar-refractivity contribution >= 4 is 23.9 Å². The number of alkyl carbamates (subject to hydrolysis) is 1. The van der Waals surface area contributed by atoms with Gasteiger partial charge in [0.15, 0.2) is 0 Å². The number of ether oxygens (including phenoxy) is 3. The summed E-state index contributed by atoms with van der Waals surface area (Å²) in [5.41, 5.74) is 0.686. The van der Waals surface area contributed by atoms with E-state index < -0.39 is 23.9 Å². The highest BCUT2D eigenvalue weighted by molar-refractivity contribution is 5.93. The first-order chi connectivity index (χ1) is 13.9. The van der Waals surface area contributed by atoms with E-state index in [0.717, 1.165) is 5.56 Å². The summed E-state index contributed by atoms with van der Waals surface area (Å²) in [6, 6.07) is 9.06. The Morgan fingerprint density at radius 1 is 0.862 bits per heavy atom. The zero-order chi connectivity index (χ0) is 21.6. The lowest BCUT2D eigenvalue weighted by atomic mass is 10.2. The molecule has 9 nitrogen and oxygen atoms in total. The fraction of sp³-hybridized carbons (Fsp3) is 0.300. The van der Waals surface area contributed by atoms with Crippen LogP contribution in [0, 0.1) is 0 Å². The molecule has 0 bridgehead atoms. The molecule has 0 radical (unpaired) electrons. The van der Waals surface area contributed by atoms with Crippen LogP contribution in [0.25, 0.3) is 0 Å². The third-order valence-electron chi connectivity index (χ3n) is 3.43. The van der Waals surface area contributed by atoms with Crippen LogP contribution < -0.4 is 10.6 Å². The number of unbranched alkanes of at least 4 members (excludes halogenated alkanes) is 1. The van der Waals surface area contributed by atoms with Crippen molar-refractivity contribution in [3.05, 3.63) is 59.4 Å². The molecule has 0 aromatic heterocycles. The second kappa shape index (κ2) is 12.7. The zero-order valence-electron chi connectivity index (χ0n) is 16.5. The molecule has 1 aromatic carbocycles. The molecule has 9 heteroatoms. The number of rotatable bonds is 9. The summed E-state index contributed by atoms with van der Waals surface area (Å²) >= 11 is 0. The summed E-state index contributed by atoms with van der Waals surface area (Å²) in [7, 11) is 2.37. The number of amides is 2. The SMILES string of the molecule is COC(=O)/C(=C/CC/C=C(\NC(=O)OCc1ccccc1)C(=O)OC)NC(C)=O. The van der Waals surface area contributed by atoms with Crippen molar-refractivity contribution in [3.63, 3.8) is 0 Å². The highest BCUT2D eigenvalue weighted by Gasteiger charge is 2.14. The summed E-state index contributed by atoms with van der Waals surface area (Å²) in [5, 5.41) is 4.70. The van der Waals surface area contributed by atoms with Crippen LogP contribution in [0.4, 0.5) is 4.79 Å². The van der Waals surface area contributed by atoms with E-state index in [1.807, 2.05) is 18.2 Å². The minimum atomic E-state index is -0.811. The van der Waals surface area contributed by atoms with Gasteiger partial charge < -0.3 is 19.5 Å². The Morgan fingerprint density at radius 2 is 1.38 bits per heavy atom. The van der Waals surface area contributed by atoms with Gasteiger partial charge in [0.2, 0.25) is 5.91 Å². The van der Waals surface area contributed by atoms with E-state index in [9.17, 15) is 19.2 Å². The van der Waals surface area contributed by atoms with Gasteiger partial charge >= 0.3 is 18.0 Å². The molecule has 0 unspecified atom stereocenters. The van der Waals surface area contributed by atoms with E-state index in [-0.39, 0.29) is 30.8 Å². The van der Waals surface area contributed by atoms with Crippen molar-refractivity contribution < 1.29 is 33.4 Å². The second-order valence-electron chi connectivity index (χ2n) is 5.66. The van der Waals surface area contributed by atoms with Crippen molar-refractivity contribution in [2.24, 2.45) is 0 Å². The normalized spacial score (nSPS) is 11.3. The van der Waals surface area contributed by atoms with Crippen LogP contribution in [0.15, 0.2) is 53.9 Å². The van der Waals surface area contributed by atoms with Gasteiger partial charge in [-0.1, -0.05) is 42.5 Å². The summed E-state index contributed by atoms with van der Waals surface area (Å²) in [6.45, 7) is 1.31. The highest BCUT2D eigenvalue weighted by Crippen LogP contribution is 2.05. The molecule has 0 spiro atoms. The molecule has 0 saturated carbocycles. The lowest BCUT2D eigenvalue weighted by molar-refractivity contribution is -0.138. The van der Waals surface area contributed by atoms with Crippen molar-refractivity contribution in [3.8, 4) is 0 Å². The number of hydrogen-bond acceptors (Lipinski definition) is 7.